The lowest BCUT2D eigenvalue weighted by Crippen LogP contribution is -2.27. The summed E-state index contributed by atoms with van der Waals surface area (Å²) in [5.74, 6) is -0.0451. The smallest absolute Gasteiger partial charge is 0.255 e. The number of carbonyl (C=O) groups excluding carboxylic acids is 1. The van der Waals surface area contributed by atoms with Gasteiger partial charge in [0.1, 0.15) is 0 Å². The van der Waals surface area contributed by atoms with Gasteiger partial charge in [0.2, 0.25) is 0 Å². The Kier molecular flexibility index (Phi) is 4.49. The van der Waals surface area contributed by atoms with Gasteiger partial charge in [0.25, 0.3) is 5.91 Å². The molecule has 1 aromatic heterocycles. The third-order valence-corrected chi connectivity index (χ3v) is 3.82. The van der Waals surface area contributed by atoms with Gasteiger partial charge in [-0.2, -0.15) is 10.2 Å². The number of aryl methyl sites for hydroxylation is 2. The Morgan fingerprint density at radius 2 is 1.95 bits per heavy atom. The molecule has 1 amide bonds. The molecule has 5 heteroatoms. The molecule has 4 nitrogen and oxygen atoms in total. The largest absolute Gasteiger partial charge is 0.337 e. The zero-order chi connectivity index (χ0) is 14.7. The molecule has 0 unspecified atom stereocenters. The first-order valence-corrected chi connectivity index (χ1v) is 7.08. The second-order valence-corrected chi connectivity index (χ2v) is 5.59. The highest BCUT2D eigenvalue weighted by molar-refractivity contribution is 9.10. The third-order valence-electron chi connectivity index (χ3n) is 3.04. The van der Waals surface area contributed by atoms with Gasteiger partial charge in [0.05, 0.1) is 17.0 Å². The van der Waals surface area contributed by atoms with E-state index in [0.29, 0.717) is 17.8 Å². The van der Waals surface area contributed by atoms with Gasteiger partial charge in [-0.1, -0.05) is 34.1 Å². The second-order valence-electron chi connectivity index (χ2n) is 4.74. The Bertz CT molecular complexity index is 643. The first-order chi connectivity index (χ1) is 9.49. The van der Waals surface area contributed by atoms with Crippen molar-refractivity contribution >= 4 is 21.8 Å². The molecule has 20 heavy (non-hydrogen) atoms. The van der Waals surface area contributed by atoms with Gasteiger partial charge >= 0.3 is 0 Å². The Labute approximate surface area is 127 Å². The summed E-state index contributed by atoms with van der Waals surface area (Å²) in [6, 6.07) is 9.66. The van der Waals surface area contributed by atoms with E-state index in [9.17, 15) is 4.79 Å². The molecular weight excluding hydrogens is 318 g/mol. The zero-order valence-electron chi connectivity index (χ0n) is 11.7. The molecule has 0 aliphatic rings. The van der Waals surface area contributed by atoms with Crippen molar-refractivity contribution in [1.29, 1.82) is 0 Å². The highest BCUT2D eigenvalue weighted by Gasteiger charge is 2.16. The van der Waals surface area contributed by atoms with E-state index in [-0.39, 0.29) is 5.91 Å². The molecule has 2 aromatic rings. The molecule has 1 heterocycles. The normalized spacial score (nSPS) is 10.4. The molecule has 0 atom stereocenters. The molecule has 1 aromatic carbocycles. The minimum Gasteiger partial charge on any atom is -0.337 e. The number of benzene rings is 1. The van der Waals surface area contributed by atoms with Gasteiger partial charge in [-0.05, 0) is 31.5 Å². The quantitative estimate of drug-likeness (QED) is 0.866. The van der Waals surface area contributed by atoms with Crippen LogP contribution in [0.15, 0.2) is 34.8 Å². The topological polar surface area (TPSA) is 46.1 Å². The monoisotopic (exact) mass is 333 g/mol. The van der Waals surface area contributed by atoms with Crippen LogP contribution in [0.4, 0.5) is 0 Å². The molecule has 0 spiro atoms. The number of carbonyl (C=O) groups is 1. The van der Waals surface area contributed by atoms with E-state index in [1.165, 1.54) is 0 Å². The van der Waals surface area contributed by atoms with Crippen LogP contribution in [0.2, 0.25) is 0 Å². The summed E-state index contributed by atoms with van der Waals surface area (Å²) >= 11 is 3.50. The second kappa shape index (κ2) is 6.13. The molecule has 104 valence electrons. The van der Waals surface area contributed by atoms with Crippen molar-refractivity contribution in [3.05, 3.63) is 57.3 Å². The van der Waals surface area contributed by atoms with Crippen molar-refractivity contribution in [2.24, 2.45) is 0 Å². The lowest BCUT2D eigenvalue weighted by molar-refractivity contribution is 0.0783. The predicted octanol–water partition coefficient (Wildman–Crippen LogP) is 3.13. The van der Waals surface area contributed by atoms with E-state index < -0.39 is 0 Å². The lowest BCUT2D eigenvalue weighted by Gasteiger charge is -2.19. The summed E-state index contributed by atoms with van der Waals surface area (Å²) in [5, 5.41) is 7.95. The molecule has 2 rings (SSSR count). The Hall–Kier alpha value is -1.75. The molecule has 0 saturated carbocycles. The number of hydrogen-bond acceptors (Lipinski definition) is 3. The van der Waals surface area contributed by atoms with Crippen LogP contribution in [-0.4, -0.2) is 28.1 Å². The van der Waals surface area contributed by atoms with Crippen molar-refractivity contribution in [2.45, 2.75) is 20.4 Å². The fourth-order valence-corrected chi connectivity index (χ4v) is 2.34. The van der Waals surface area contributed by atoms with Gasteiger partial charge in [-0.3, -0.25) is 4.79 Å². The van der Waals surface area contributed by atoms with Crippen LogP contribution in [0.5, 0.6) is 0 Å². The van der Waals surface area contributed by atoms with Gasteiger partial charge in [0, 0.05) is 18.1 Å². The number of rotatable bonds is 3. The van der Waals surface area contributed by atoms with E-state index >= 15 is 0 Å². The van der Waals surface area contributed by atoms with Crippen LogP contribution in [0.1, 0.15) is 27.3 Å². The molecule has 0 aliphatic heterocycles. The predicted molar refractivity (Wildman–Crippen MR) is 81.4 cm³/mol. The number of nitrogens with zero attached hydrogens (tertiary/aromatic N) is 3. The third kappa shape index (κ3) is 3.22. The van der Waals surface area contributed by atoms with Crippen molar-refractivity contribution in [2.75, 3.05) is 7.05 Å². The van der Waals surface area contributed by atoms with Gasteiger partial charge < -0.3 is 4.90 Å². The first-order valence-electron chi connectivity index (χ1n) is 6.29. The first kappa shape index (κ1) is 14.7. The van der Waals surface area contributed by atoms with Crippen molar-refractivity contribution in [3.63, 3.8) is 0 Å². The lowest BCUT2D eigenvalue weighted by atomic mass is 10.1. The van der Waals surface area contributed by atoms with Crippen LogP contribution >= 0.6 is 15.9 Å². The maximum absolute atomic E-state index is 12.5. The SMILES string of the molecule is Cc1cc(C(=O)N(C)Cc2ccccc2Br)c(C)nn1. The number of hydrogen-bond donors (Lipinski definition) is 0. The highest BCUT2D eigenvalue weighted by atomic mass is 79.9. The number of aromatic nitrogens is 2. The highest BCUT2D eigenvalue weighted by Crippen LogP contribution is 2.18. The minimum atomic E-state index is -0.0451. The summed E-state index contributed by atoms with van der Waals surface area (Å²) in [4.78, 5) is 14.2. The van der Waals surface area contributed by atoms with Crippen LogP contribution in [0.25, 0.3) is 0 Å². The molecule has 0 N–H and O–H groups in total. The van der Waals surface area contributed by atoms with Crippen molar-refractivity contribution < 1.29 is 4.79 Å². The molecular formula is C15H16BrN3O. The fourth-order valence-electron chi connectivity index (χ4n) is 1.93. The summed E-state index contributed by atoms with van der Waals surface area (Å²) < 4.78 is 1.00. The van der Waals surface area contributed by atoms with E-state index in [1.54, 1.807) is 24.9 Å². The average molecular weight is 334 g/mol. The maximum Gasteiger partial charge on any atom is 0.255 e. The van der Waals surface area contributed by atoms with E-state index in [1.807, 2.05) is 31.2 Å². The molecule has 0 fully saturated rings. The minimum absolute atomic E-state index is 0.0451. The number of amides is 1. The fraction of sp³-hybridized carbons (Fsp3) is 0.267. The van der Waals surface area contributed by atoms with Gasteiger partial charge in [-0.25, -0.2) is 0 Å². The van der Waals surface area contributed by atoms with Gasteiger partial charge in [-0.15, -0.1) is 0 Å². The van der Waals surface area contributed by atoms with Crippen LogP contribution < -0.4 is 0 Å². The van der Waals surface area contributed by atoms with Gasteiger partial charge in [0.15, 0.2) is 0 Å². The summed E-state index contributed by atoms with van der Waals surface area (Å²) in [7, 11) is 1.79. The van der Waals surface area contributed by atoms with E-state index in [0.717, 1.165) is 15.7 Å². The molecule has 0 saturated heterocycles. The Morgan fingerprint density at radius 1 is 1.25 bits per heavy atom. The zero-order valence-corrected chi connectivity index (χ0v) is 13.3. The maximum atomic E-state index is 12.5. The Balaban J connectivity index is 2.21. The number of halogens is 1. The standard InChI is InChI=1S/C15H16BrN3O/c1-10-8-13(11(2)18-17-10)15(20)19(3)9-12-6-4-5-7-14(12)16/h4-8H,9H2,1-3H3. The van der Waals surface area contributed by atoms with E-state index in [4.69, 9.17) is 0 Å². The molecule has 0 radical (unpaired) electrons. The summed E-state index contributed by atoms with van der Waals surface area (Å²) in [6.07, 6.45) is 0. The van der Waals surface area contributed by atoms with E-state index in [2.05, 4.69) is 26.1 Å². The average Bonchev–Trinajstić information content (AvgIpc) is 2.43. The summed E-state index contributed by atoms with van der Waals surface area (Å²) in [5.41, 5.74) is 3.07. The van der Waals surface area contributed by atoms with Crippen LogP contribution in [0, 0.1) is 13.8 Å². The van der Waals surface area contributed by atoms with Crippen LogP contribution in [0.3, 0.4) is 0 Å². The molecule has 0 bridgehead atoms. The Morgan fingerprint density at radius 3 is 2.65 bits per heavy atom. The molecule has 0 aliphatic carbocycles. The van der Waals surface area contributed by atoms with Crippen LogP contribution in [-0.2, 0) is 6.54 Å². The van der Waals surface area contributed by atoms with Crippen molar-refractivity contribution in [3.8, 4) is 0 Å². The summed E-state index contributed by atoms with van der Waals surface area (Å²) in [6.45, 7) is 4.17. The van der Waals surface area contributed by atoms with Crippen molar-refractivity contribution in [1.82, 2.24) is 15.1 Å².